The van der Waals surface area contributed by atoms with Gasteiger partial charge < -0.3 is 9.53 Å². The number of amides is 2. The Labute approximate surface area is 152 Å². The highest BCUT2D eigenvalue weighted by Gasteiger charge is 2.57. The molecule has 0 bridgehead atoms. The molecule has 1 saturated heterocycles. The highest BCUT2D eigenvalue weighted by atomic mass is 28.4. The molecule has 0 unspecified atom stereocenters. The van der Waals surface area contributed by atoms with E-state index in [1.807, 2.05) is 13.8 Å². The molecule has 0 aliphatic carbocycles. The van der Waals surface area contributed by atoms with Gasteiger partial charge in [0, 0.05) is 6.42 Å². The van der Waals surface area contributed by atoms with Crippen molar-refractivity contribution in [3.63, 3.8) is 0 Å². The van der Waals surface area contributed by atoms with E-state index in [-0.39, 0.29) is 23.3 Å². The minimum absolute atomic E-state index is 0.0142. The van der Waals surface area contributed by atoms with E-state index in [9.17, 15) is 19.5 Å². The number of imide groups is 1. The van der Waals surface area contributed by atoms with Gasteiger partial charge in [-0.15, -0.1) is 0 Å². The van der Waals surface area contributed by atoms with Gasteiger partial charge in [0.2, 0.25) is 11.8 Å². The van der Waals surface area contributed by atoms with Gasteiger partial charge in [-0.1, -0.05) is 27.7 Å². The maximum Gasteiger partial charge on any atom is 0.308 e. The number of rotatable bonds is 7. The Hall–Kier alpha value is -1.21. The van der Waals surface area contributed by atoms with Crippen molar-refractivity contribution in [2.45, 2.75) is 84.7 Å². The molecule has 1 heterocycles. The molecule has 1 aliphatic rings. The number of carbonyl (C=O) groups excluding carboxylic acids is 2. The van der Waals surface area contributed by atoms with Crippen LogP contribution in [0.5, 0.6) is 0 Å². The summed E-state index contributed by atoms with van der Waals surface area (Å²) in [6, 6.07) is -0.635. The van der Waals surface area contributed by atoms with Crippen LogP contribution in [0.4, 0.5) is 0 Å². The van der Waals surface area contributed by atoms with Crippen molar-refractivity contribution < 1.29 is 23.9 Å². The summed E-state index contributed by atoms with van der Waals surface area (Å²) in [4.78, 5) is 37.6. The van der Waals surface area contributed by atoms with Crippen LogP contribution in [0.3, 0.4) is 0 Å². The number of β-lactam (4-membered cyclic amide) rings is 1. The number of carbonyl (C=O) groups is 3. The highest BCUT2D eigenvalue weighted by molar-refractivity contribution is 6.74. The summed E-state index contributed by atoms with van der Waals surface area (Å²) in [5.41, 5.74) is 0. The first-order valence-corrected chi connectivity index (χ1v) is 11.9. The van der Waals surface area contributed by atoms with Gasteiger partial charge in [0.25, 0.3) is 0 Å². The van der Waals surface area contributed by atoms with Crippen LogP contribution in [-0.2, 0) is 18.8 Å². The highest BCUT2D eigenvalue weighted by Crippen LogP contribution is 2.42. The molecule has 1 fully saturated rings. The van der Waals surface area contributed by atoms with Crippen molar-refractivity contribution in [3.8, 4) is 0 Å². The predicted molar refractivity (Wildman–Crippen MR) is 98.6 cm³/mol. The Morgan fingerprint density at radius 2 is 1.80 bits per heavy atom. The zero-order valence-electron chi connectivity index (χ0n) is 16.8. The normalized spacial score (nSPS) is 23.8. The van der Waals surface area contributed by atoms with Crippen molar-refractivity contribution in [3.05, 3.63) is 0 Å². The lowest BCUT2D eigenvalue weighted by atomic mass is 9.76. The zero-order chi connectivity index (χ0) is 19.7. The lowest BCUT2D eigenvalue weighted by Crippen LogP contribution is -2.70. The van der Waals surface area contributed by atoms with E-state index in [0.717, 1.165) is 4.90 Å². The second-order valence-electron chi connectivity index (χ2n) is 8.58. The van der Waals surface area contributed by atoms with Gasteiger partial charge in [-0.25, -0.2) is 0 Å². The summed E-state index contributed by atoms with van der Waals surface area (Å²) in [5, 5.41) is 9.40. The maximum absolute atomic E-state index is 12.6. The molecule has 25 heavy (non-hydrogen) atoms. The molecule has 1 rings (SSSR count). The minimum atomic E-state index is -2.10. The van der Waals surface area contributed by atoms with Gasteiger partial charge in [-0.3, -0.25) is 19.3 Å². The smallest absolute Gasteiger partial charge is 0.308 e. The lowest BCUT2D eigenvalue weighted by molar-refractivity contribution is -0.178. The van der Waals surface area contributed by atoms with Crippen LogP contribution in [0.25, 0.3) is 0 Å². The largest absolute Gasteiger partial charge is 0.481 e. The van der Waals surface area contributed by atoms with Crippen molar-refractivity contribution in [2.75, 3.05) is 0 Å². The predicted octanol–water partition coefficient (Wildman–Crippen LogP) is 3.27. The standard InChI is InChI=1S/C18H33NO5Si/c1-9-10-13(20)19-15(11(2)17(22)23)14(16(19)21)12(3)24-25(7,8)18(4,5)6/h11-12,14-15H,9-10H2,1-8H3,(H,22,23)/t11-,12-,14-,15-/m1/s1. The third-order valence-corrected chi connectivity index (χ3v) is 10.2. The summed E-state index contributed by atoms with van der Waals surface area (Å²) in [6.45, 7) is 15.8. The molecule has 4 atom stereocenters. The fraction of sp³-hybridized carbons (Fsp3) is 0.833. The summed E-state index contributed by atoms with van der Waals surface area (Å²) < 4.78 is 6.31. The summed E-state index contributed by atoms with van der Waals surface area (Å²) in [6.07, 6.45) is 0.460. The molecule has 0 aromatic carbocycles. The summed E-state index contributed by atoms with van der Waals surface area (Å²) in [7, 11) is -2.10. The van der Waals surface area contributed by atoms with Crippen molar-refractivity contribution in [1.82, 2.24) is 4.90 Å². The van der Waals surface area contributed by atoms with E-state index < -0.39 is 38.3 Å². The fourth-order valence-electron chi connectivity index (χ4n) is 3.03. The van der Waals surface area contributed by atoms with Crippen molar-refractivity contribution >= 4 is 26.1 Å². The van der Waals surface area contributed by atoms with Crippen LogP contribution >= 0.6 is 0 Å². The first-order valence-electron chi connectivity index (χ1n) is 9.02. The SMILES string of the molecule is CCCC(=O)N1C(=O)[C@H]([C@@H](C)O[Si](C)(C)C(C)(C)C)[C@H]1[C@@H](C)C(=O)O. The van der Waals surface area contributed by atoms with Gasteiger partial charge in [-0.05, 0) is 38.4 Å². The van der Waals surface area contributed by atoms with Crippen LogP contribution in [0.15, 0.2) is 0 Å². The summed E-state index contributed by atoms with van der Waals surface area (Å²) in [5.74, 6) is -2.99. The number of aliphatic carboxylic acids is 1. The second kappa shape index (κ2) is 7.58. The number of carboxylic acid groups (broad SMARTS) is 1. The van der Waals surface area contributed by atoms with Crippen LogP contribution in [-0.4, -0.2) is 48.3 Å². The van der Waals surface area contributed by atoms with E-state index in [4.69, 9.17) is 4.43 Å². The molecule has 2 amide bonds. The zero-order valence-corrected chi connectivity index (χ0v) is 17.8. The van der Waals surface area contributed by atoms with E-state index in [0.29, 0.717) is 6.42 Å². The van der Waals surface area contributed by atoms with E-state index in [1.54, 1.807) is 6.92 Å². The molecule has 7 heteroatoms. The average Bonchev–Trinajstić information content (AvgIpc) is 2.42. The van der Waals surface area contributed by atoms with Crippen molar-refractivity contribution in [2.24, 2.45) is 11.8 Å². The number of hydrogen-bond donors (Lipinski definition) is 1. The third-order valence-electron chi connectivity index (χ3n) is 5.62. The minimum Gasteiger partial charge on any atom is -0.481 e. The number of carboxylic acids is 1. The van der Waals surface area contributed by atoms with Crippen LogP contribution < -0.4 is 0 Å². The number of nitrogens with zero attached hydrogens (tertiary/aromatic N) is 1. The number of hydrogen-bond acceptors (Lipinski definition) is 4. The number of likely N-dealkylation sites (tertiary alicyclic amines) is 1. The molecular weight excluding hydrogens is 338 g/mol. The monoisotopic (exact) mass is 371 g/mol. The first kappa shape index (κ1) is 21.8. The van der Waals surface area contributed by atoms with Gasteiger partial charge in [0.1, 0.15) is 0 Å². The molecule has 0 spiro atoms. The van der Waals surface area contributed by atoms with Crippen LogP contribution in [0.2, 0.25) is 18.1 Å². The van der Waals surface area contributed by atoms with Crippen LogP contribution in [0, 0.1) is 11.8 Å². The van der Waals surface area contributed by atoms with Gasteiger partial charge in [0.15, 0.2) is 8.32 Å². The van der Waals surface area contributed by atoms with E-state index in [1.165, 1.54) is 0 Å². The van der Waals surface area contributed by atoms with Crippen LogP contribution in [0.1, 0.15) is 54.4 Å². The second-order valence-corrected chi connectivity index (χ2v) is 13.3. The van der Waals surface area contributed by atoms with Gasteiger partial charge >= 0.3 is 5.97 Å². The molecule has 1 aliphatic heterocycles. The third kappa shape index (κ3) is 4.31. The quantitative estimate of drug-likeness (QED) is 0.548. The topological polar surface area (TPSA) is 83.9 Å². The Bertz CT molecular complexity index is 540. The Morgan fingerprint density at radius 1 is 1.28 bits per heavy atom. The Kier molecular flexibility index (Phi) is 6.61. The molecule has 0 aromatic heterocycles. The molecule has 0 aromatic rings. The lowest BCUT2D eigenvalue weighted by Gasteiger charge is -2.51. The molecule has 0 saturated carbocycles. The maximum atomic E-state index is 12.6. The molecular formula is C18H33NO5Si. The molecule has 6 nitrogen and oxygen atoms in total. The molecule has 0 radical (unpaired) electrons. The first-order chi connectivity index (χ1) is 11.3. The van der Waals surface area contributed by atoms with Crippen molar-refractivity contribution in [1.29, 1.82) is 0 Å². The van der Waals surface area contributed by atoms with E-state index >= 15 is 0 Å². The van der Waals surface area contributed by atoms with Gasteiger partial charge in [0.05, 0.1) is 24.0 Å². The Balaban J connectivity index is 3.06. The van der Waals surface area contributed by atoms with E-state index in [2.05, 4.69) is 33.9 Å². The Morgan fingerprint density at radius 3 is 2.20 bits per heavy atom. The molecule has 1 N–H and O–H groups in total. The van der Waals surface area contributed by atoms with Gasteiger partial charge in [-0.2, -0.15) is 0 Å². The fourth-order valence-corrected chi connectivity index (χ4v) is 4.46. The summed E-state index contributed by atoms with van der Waals surface area (Å²) >= 11 is 0. The average molecular weight is 372 g/mol. The molecule has 144 valence electrons.